The highest BCUT2D eigenvalue weighted by Gasteiger charge is 2.48. The van der Waals surface area contributed by atoms with Crippen LogP contribution < -0.4 is 4.90 Å². The highest BCUT2D eigenvalue weighted by molar-refractivity contribution is 6.03. The molecule has 5 rings (SSSR count). The van der Waals surface area contributed by atoms with Crippen molar-refractivity contribution in [3.05, 3.63) is 101 Å². The Morgan fingerprint density at radius 3 is 2.02 bits per heavy atom. The molecular weight excluding hydrogens is 584 g/mol. The lowest BCUT2D eigenvalue weighted by molar-refractivity contribution is -0.230. The van der Waals surface area contributed by atoms with Crippen molar-refractivity contribution in [3.8, 4) is 0 Å². The van der Waals surface area contributed by atoms with E-state index in [9.17, 15) is 39.1 Å². The third-order valence-electron chi connectivity index (χ3n) is 9.09. The zero-order valence-electron chi connectivity index (χ0n) is 25.0. The lowest BCUT2D eigenvalue weighted by Crippen LogP contribution is -2.58. The van der Waals surface area contributed by atoms with E-state index >= 15 is 0 Å². The van der Waals surface area contributed by atoms with E-state index in [-0.39, 0.29) is 29.5 Å². The first-order chi connectivity index (χ1) is 21.7. The Kier molecular flexibility index (Phi) is 11.0. The Bertz CT molecular complexity index is 1390. The first-order valence-electron chi connectivity index (χ1n) is 15.6. The van der Waals surface area contributed by atoms with Gasteiger partial charge in [-0.05, 0) is 85.2 Å². The quantitative estimate of drug-likeness (QED) is 0.143. The molecule has 2 heterocycles. The van der Waals surface area contributed by atoms with Gasteiger partial charge in [0.1, 0.15) is 36.1 Å². The summed E-state index contributed by atoms with van der Waals surface area (Å²) in [6, 6.07) is 19.3. The van der Waals surface area contributed by atoms with Crippen molar-refractivity contribution < 1.29 is 43.8 Å². The molecule has 0 spiro atoms. The van der Waals surface area contributed by atoms with Gasteiger partial charge in [-0.25, -0.2) is 8.78 Å². The van der Waals surface area contributed by atoms with E-state index in [1.807, 2.05) is 24.3 Å². The van der Waals surface area contributed by atoms with Crippen LogP contribution in [0, 0.1) is 17.6 Å². The van der Waals surface area contributed by atoms with Gasteiger partial charge in [0.05, 0.1) is 30.8 Å². The van der Waals surface area contributed by atoms with Crippen LogP contribution >= 0.6 is 0 Å². The van der Waals surface area contributed by atoms with Crippen molar-refractivity contribution in [1.29, 1.82) is 0 Å². The Morgan fingerprint density at radius 1 is 0.756 bits per heavy atom. The molecule has 8 unspecified atom stereocenters. The lowest BCUT2D eigenvalue weighted by Gasteiger charge is -2.48. The van der Waals surface area contributed by atoms with Crippen LogP contribution in [0.1, 0.15) is 67.4 Å². The fourth-order valence-electron chi connectivity index (χ4n) is 6.44. The first kappa shape index (κ1) is 33.1. The summed E-state index contributed by atoms with van der Waals surface area (Å²) in [6.45, 7) is -0.438. The molecule has 0 radical (unpaired) electrons. The smallest absolute Gasteiger partial charge is 0.233 e. The average Bonchev–Trinajstić information content (AvgIpc) is 3.04. The summed E-state index contributed by atoms with van der Waals surface area (Å²) in [5, 5.41) is 50.2. The number of amides is 1. The zero-order chi connectivity index (χ0) is 32.1. The van der Waals surface area contributed by atoms with Gasteiger partial charge >= 0.3 is 0 Å². The van der Waals surface area contributed by atoms with Crippen molar-refractivity contribution in [1.82, 2.24) is 0 Å². The summed E-state index contributed by atoms with van der Waals surface area (Å²) in [5.74, 6) is -1.24. The van der Waals surface area contributed by atoms with E-state index in [1.54, 1.807) is 29.2 Å². The minimum Gasteiger partial charge on any atom is -0.394 e. The number of carbonyl (C=O) groups excluding carboxylic acids is 1. The second-order valence-electron chi connectivity index (χ2n) is 12.1. The van der Waals surface area contributed by atoms with Gasteiger partial charge in [0.2, 0.25) is 5.91 Å². The number of aliphatic hydroxyl groups excluding tert-OH is 5. The molecule has 8 nitrogen and oxygen atoms in total. The van der Waals surface area contributed by atoms with Gasteiger partial charge in [0.15, 0.2) is 0 Å². The molecular formula is C35H41F2NO7. The molecule has 0 aromatic heterocycles. The fourth-order valence-corrected chi connectivity index (χ4v) is 6.44. The maximum Gasteiger partial charge on any atom is 0.233 e. The topological polar surface area (TPSA) is 131 Å². The van der Waals surface area contributed by atoms with Crippen LogP contribution in [0.15, 0.2) is 72.8 Å². The Balaban J connectivity index is 1.18. The minimum atomic E-state index is -1.36. The van der Waals surface area contributed by atoms with E-state index in [0.717, 1.165) is 36.8 Å². The second-order valence-corrected chi connectivity index (χ2v) is 12.1. The van der Waals surface area contributed by atoms with E-state index in [2.05, 4.69) is 0 Å². The van der Waals surface area contributed by atoms with Gasteiger partial charge in [-0.2, -0.15) is 0 Å². The van der Waals surface area contributed by atoms with Gasteiger partial charge < -0.3 is 35.2 Å². The predicted octanol–water partition coefficient (Wildman–Crippen LogP) is 4.13. The molecule has 2 aliphatic heterocycles. The molecule has 0 bridgehead atoms. The molecule has 0 aliphatic carbocycles. The number of halogens is 2. The number of β-lactam (4-membered cyclic amide) rings is 1. The van der Waals surface area contributed by atoms with Gasteiger partial charge in [0, 0.05) is 5.69 Å². The van der Waals surface area contributed by atoms with Crippen molar-refractivity contribution >= 4 is 11.6 Å². The maximum absolute atomic E-state index is 13.6. The predicted molar refractivity (Wildman–Crippen MR) is 163 cm³/mol. The summed E-state index contributed by atoms with van der Waals surface area (Å²) in [7, 11) is 0. The van der Waals surface area contributed by atoms with Crippen molar-refractivity contribution in [2.75, 3.05) is 11.5 Å². The first-order valence-corrected chi connectivity index (χ1v) is 15.6. The minimum absolute atomic E-state index is 0.0959. The SMILES string of the molecule is O=C1C(CCC(O)c2ccc(F)cc2)C(c2ccc(CCCCCC3OC(CO)C(O)C(O)C3O)cc2)N1c1ccc(F)cc1. The number of aryl methyl sites for hydroxylation is 1. The number of aliphatic hydroxyl groups is 5. The van der Waals surface area contributed by atoms with Crippen LogP contribution in [0.25, 0.3) is 0 Å². The van der Waals surface area contributed by atoms with Crippen molar-refractivity contribution in [2.45, 2.75) is 87.6 Å². The highest BCUT2D eigenvalue weighted by atomic mass is 19.1. The van der Waals surface area contributed by atoms with E-state index < -0.39 is 43.2 Å². The Labute approximate surface area is 261 Å². The number of carbonyl (C=O) groups is 1. The molecule has 1 amide bonds. The summed E-state index contributed by atoms with van der Waals surface area (Å²) < 4.78 is 32.5. The number of hydrogen-bond acceptors (Lipinski definition) is 7. The van der Waals surface area contributed by atoms with Crippen molar-refractivity contribution in [3.63, 3.8) is 0 Å². The normalized spacial score (nSPS) is 27.3. The third-order valence-corrected chi connectivity index (χ3v) is 9.09. The third kappa shape index (κ3) is 7.60. The van der Waals surface area contributed by atoms with Gasteiger partial charge in [-0.15, -0.1) is 0 Å². The number of rotatable bonds is 13. The number of nitrogens with zero attached hydrogens (tertiary/aromatic N) is 1. The van der Waals surface area contributed by atoms with Crippen LogP contribution in [-0.4, -0.2) is 68.6 Å². The number of ether oxygens (including phenoxy) is 1. The molecule has 2 saturated heterocycles. The zero-order valence-corrected chi connectivity index (χ0v) is 25.0. The molecule has 2 aliphatic rings. The van der Waals surface area contributed by atoms with Gasteiger partial charge in [-0.1, -0.05) is 49.2 Å². The molecule has 10 heteroatoms. The summed E-state index contributed by atoms with van der Waals surface area (Å²) in [5.41, 5.74) is 3.25. The molecule has 45 heavy (non-hydrogen) atoms. The summed E-state index contributed by atoms with van der Waals surface area (Å²) in [6.07, 6.45) is -1.77. The van der Waals surface area contributed by atoms with Gasteiger partial charge in [-0.3, -0.25) is 4.79 Å². The molecule has 2 fully saturated rings. The van der Waals surface area contributed by atoms with Crippen LogP contribution in [0.4, 0.5) is 14.5 Å². The van der Waals surface area contributed by atoms with Crippen molar-refractivity contribution in [2.24, 2.45) is 5.92 Å². The Hall–Kier alpha value is -3.25. The van der Waals surface area contributed by atoms with Crippen LogP contribution in [0.3, 0.4) is 0 Å². The van der Waals surface area contributed by atoms with E-state index in [1.165, 1.54) is 24.3 Å². The summed E-state index contributed by atoms with van der Waals surface area (Å²) >= 11 is 0. The lowest BCUT2D eigenvalue weighted by atomic mass is 9.78. The Morgan fingerprint density at radius 2 is 1.38 bits per heavy atom. The second kappa shape index (κ2) is 14.9. The molecule has 242 valence electrons. The largest absolute Gasteiger partial charge is 0.394 e. The average molecular weight is 626 g/mol. The summed E-state index contributed by atoms with van der Waals surface area (Å²) in [4.78, 5) is 15.0. The molecule has 0 saturated carbocycles. The fraction of sp³-hybridized carbons (Fsp3) is 0.457. The molecule has 3 aromatic rings. The van der Waals surface area contributed by atoms with Crippen LogP contribution in [-0.2, 0) is 16.0 Å². The maximum atomic E-state index is 13.6. The monoisotopic (exact) mass is 625 g/mol. The highest BCUT2D eigenvalue weighted by Crippen LogP contribution is 2.46. The molecule has 5 N–H and O–H groups in total. The standard InChI is InChI=1S/C35H41F2NO7/c36-24-12-10-22(11-13-24)28(40)19-18-27-31(38(35(27)44)26-16-14-25(37)15-17-26)23-8-6-21(7-9-23)4-2-1-3-5-29-32(41)34(43)33(42)30(20-39)45-29/h6-17,27-34,39-43H,1-5,18-20H2. The van der Waals surface area contributed by atoms with Crippen LogP contribution in [0.5, 0.6) is 0 Å². The molecule has 3 aromatic carbocycles. The van der Waals surface area contributed by atoms with E-state index in [0.29, 0.717) is 30.5 Å². The van der Waals surface area contributed by atoms with Gasteiger partial charge in [0.25, 0.3) is 0 Å². The molecule has 8 atom stereocenters. The van der Waals surface area contributed by atoms with Crippen LogP contribution in [0.2, 0.25) is 0 Å². The number of hydrogen-bond donors (Lipinski definition) is 5. The number of unbranched alkanes of at least 4 members (excludes halogenated alkanes) is 2. The van der Waals surface area contributed by atoms with E-state index in [4.69, 9.17) is 4.74 Å². The number of anilines is 1. The number of benzene rings is 3.